The first-order chi connectivity index (χ1) is 15.1. The molecule has 0 saturated carbocycles. The topological polar surface area (TPSA) is 84.9 Å². The van der Waals surface area contributed by atoms with Crippen molar-refractivity contribution < 1.29 is 22.7 Å². The number of sulfonamides is 1. The number of carbonyl (C=O) groups is 1. The number of ether oxygens (including phenoxy) is 2. The molecule has 0 spiro atoms. The van der Waals surface area contributed by atoms with Gasteiger partial charge < -0.3 is 14.8 Å². The maximum atomic E-state index is 12.8. The highest BCUT2D eigenvalue weighted by atomic mass is 32.2. The summed E-state index contributed by atoms with van der Waals surface area (Å²) < 4.78 is 36.7. The number of carbonyl (C=O) groups excluding carboxylic acids is 1. The van der Waals surface area contributed by atoms with Crippen LogP contribution in [0.1, 0.15) is 43.9 Å². The van der Waals surface area contributed by atoms with Crippen LogP contribution in [0.3, 0.4) is 0 Å². The lowest BCUT2D eigenvalue weighted by molar-refractivity contribution is -0.121. The predicted octanol–water partition coefficient (Wildman–Crippen LogP) is 3.79. The van der Waals surface area contributed by atoms with E-state index in [0.29, 0.717) is 23.7 Å². The highest BCUT2D eigenvalue weighted by Gasteiger charge is 2.20. The van der Waals surface area contributed by atoms with E-state index in [0.717, 1.165) is 22.0 Å². The molecule has 0 radical (unpaired) electrons. The van der Waals surface area contributed by atoms with E-state index in [9.17, 15) is 13.2 Å². The van der Waals surface area contributed by atoms with Crippen molar-refractivity contribution >= 4 is 15.9 Å². The molecule has 2 rings (SSSR count). The lowest BCUT2D eigenvalue weighted by atomic mass is 9.96. The number of benzene rings is 2. The second-order valence-electron chi connectivity index (χ2n) is 8.28. The second-order valence-corrected chi connectivity index (χ2v) is 10.4. The normalized spacial score (nSPS) is 12.6. The first-order valence-electron chi connectivity index (χ1n) is 10.6. The van der Waals surface area contributed by atoms with E-state index in [-0.39, 0.29) is 23.3 Å². The van der Waals surface area contributed by atoms with Crippen LogP contribution in [0, 0.1) is 5.92 Å². The van der Waals surface area contributed by atoms with Gasteiger partial charge in [0.25, 0.3) is 0 Å². The molecule has 0 aliphatic rings. The Hall–Kier alpha value is -2.58. The minimum atomic E-state index is -3.57. The Kier molecular flexibility index (Phi) is 9.09. The Balaban J connectivity index is 2.15. The van der Waals surface area contributed by atoms with Crippen molar-refractivity contribution in [3.8, 4) is 11.5 Å². The second kappa shape index (κ2) is 11.3. The quantitative estimate of drug-likeness (QED) is 0.549. The Morgan fingerprint density at radius 1 is 1.03 bits per heavy atom. The summed E-state index contributed by atoms with van der Waals surface area (Å²) in [5, 5.41) is 3.13. The highest BCUT2D eigenvalue weighted by Crippen LogP contribution is 2.26. The molecule has 2 aromatic carbocycles. The van der Waals surface area contributed by atoms with Gasteiger partial charge in [0.15, 0.2) is 0 Å². The number of hydrogen-bond acceptors (Lipinski definition) is 5. The minimum Gasteiger partial charge on any atom is -0.497 e. The van der Waals surface area contributed by atoms with Crippen LogP contribution in [0.4, 0.5) is 0 Å². The number of aryl methyl sites for hydroxylation is 1. The largest absolute Gasteiger partial charge is 0.497 e. The monoisotopic (exact) mass is 462 g/mol. The molecule has 1 atom stereocenters. The van der Waals surface area contributed by atoms with Gasteiger partial charge in [-0.2, -0.15) is 0 Å². The van der Waals surface area contributed by atoms with Crippen molar-refractivity contribution in [3.63, 3.8) is 0 Å². The first kappa shape index (κ1) is 25.7. The van der Waals surface area contributed by atoms with Crippen LogP contribution in [0.5, 0.6) is 11.5 Å². The minimum absolute atomic E-state index is 0.102. The van der Waals surface area contributed by atoms with Crippen molar-refractivity contribution in [2.75, 3.05) is 28.3 Å². The van der Waals surface area contributed by atoms with Gasteiger partial charge in [0.2, 0.25) is 15.9 Å². The number of hydrogen-bond donors (Lipinski definition) is 1. The standard InChI is InChI=1S/C24H34N2O5S/c1-17(2)15-22(18-7-10-20(30-5)11-8-18)25-24(27)14-9-19-16-21(12-13-23(19)31-6)32(28,29)26(3)4/h7-8,10-13,16-17,22H,9,14-15H2,1-6H3,(H,25,27)/t22-/m1/s1. The van der Waals surface area contributed by atoms with E-state index in [2.05, 4.69) is 19.2 Å². The van der Waals surface area contributed by atoms with Gasteiger partial charge in [0, 0.05) is 20.5 Å². The average molecular weight is 463 g/mol. The van der Waals surface area contributed by atoms with E-state index in [1.807, 2.05) is 24.3 Å². The third-order valence-electron chi connectivity index (χ3n) is 5.21. The molecule has 0 fully saturated rings. The van der Waals surface area contributed by atoms with Crippen molar-refractivity contribution in [1.82, 2.24) is 9.62 Å². The van der Waals surface area contributed by atoms with Crippen LogP contribution in [0.25, 0.3) is 0 Å². The predicted molar refractivity (Wildman–Crippen MR) is 126 cm³/mol. The Morgan fingerprint density at radius 3 is 2.22 bits per heavy atom. The van der Waals surface area contributed by atoms with Gasteiger partial charge in [-0.25, -0.2) is 12.7 Å². The molecule has 7 nitrogen and oxygen atoms in total. The fourth-order valence-corrected chi connectivity index (χ4v) is 4.38. The van der Waals surface area contributed by atoms with E-state index in [4.69, 9.17) is 9.47 Å². The molecule has 0 bridgehead atoms. The number of rotatable bonds is 11. The molecule has 0 aliphatic heterocycles. The van der Waals surface area contributed by atoms with Crippen molar-refractivity contribution in [2.24, 2.45) is 5.92 Å². The summed E-state index contributed by atoms with van der Waals surface area (Å²) in [6, 6.07) is 12.3. The molecule has 32 heavy (non-hydrogen) atoms. The van der Waals surface area contributed by atoms with Gasteiger partial charge in [-0.3, -0.25) is 4.79 Å². The molecule has 0 saturated heterocycles. The summed E-state index contributed by atoms with van der Waals surface area (Å²) in [4.78, 5) is 13.0. The summed E-state index contributed by atoms with van der Waals surface area (Å²) in [5.41, 5.74) is 1.69. The summed E-state index contributed by atoms with van der Waals surface area (Å²) in [6.07, 6.45) is 1.38. The average Bonchev–Trinajstić information content (AvgIpc) is 2.76. The molecular weight excluding hydrogens is 428 g/mol. The number of nitrogens with one attached hydrogen (secondary N) is 1. The third-order valence-corrected chi connectivity index (χ3v) is 7.02. The van der Waals surface area contributed by atoms with Crippen LogP contribution < -0.4 is 14.8 Å². The fraction of sp³-hybridized carbons (Fsp3) is 0.458. The Labute approximate surface area is 191 Å². The number of methoxy groups -OCH3 is 2. The fourth-order valence-electron chi connectivity index (χ4n) is 3.42. The molecule has 2 aromatic rings. The number of amides is 1. The summed E-state index contributed by atoms with van der Waals surface area (Å²) in [7, 11) is 2.55. The first-order valence-corrected chi connectivity index (χ1v) is 12.0. The lowest BCUT2D eigenvalue weighted by Gasteiger charge is -2.22. The van der Waals surface area contributed by atoms with Crippen molar-refractivity contribution in [3.05, 3.63) is 53.6 Å². The zero-order chi connectivity index (χ0) is 23.9. The van der Waals surface area contributed by atoms with Gasteiger partial charge >= 0.3 is 0 Å². The highest BCUT2D eigenvalue weighted by molar-refractivity contribution is 7.89. The van der Waals surface area contributed by atoms with Gasteiger partial charge in [-0.15, -0.1) is 0 Å². The number of nitrogens with zero attached hydrogens (tertiary/aromatic N) is 1. The summed E-state index contributed by atoms with van der Waals surface area (Å²) in [5.74, 6) is 1.62. The van der Waals surface area contributed by atoms with Gasteiger partial charge in [0.05, 0.1) is 25.2 Å². The molecule has 0 heterocycles. The van der Waals surface area contributed by atoms with Crippen LogP contribution in [-0.4, -0.2) is 46.9 Å². The maximum absolute atomic E-state index is 12.8. The smallest absolute Gasteiger partial charge is 0.242 e. The molecular formula is C24H34N2O5S. The summed E-state index contributed by atoms with van der Waals surface area (Å²) in [6.45, 7) is 4.23. The van der Waals surface area contributed by atoms with Crippen LogP contribution >= 0.6 is 0 Å². The maximum Gasteiger partial charge on any atom is 0.242 e. The van der Waals surface area contributed by atoms with Gasteiger partial charge in [-0.1, -0.05) is 26.0 Å². The van der Waals surface area contributed by atoms with E-state index in [1.165, 1.54) is 27.3 Å². The molecule has 0 aliphatic carbocycles. The molecule has 8 heteroatoms. The van der Waals surface area contributed by atoms with E-state index < -0.39 is 10.0 Å². The molecule has 1 N–H and O–H groups in total. The van der Waals surface area contributed by atoms with Crippen LogP contribution in [0.2, 0.25) is 0 Å². The lowest BCUT2D eigenvalue weighted by Crippen LogP contribution is -2.29. The van der Waals surface area contributed by atoms with Crippen molar-refractivity contribution in [1.29, 1.82) is 0 Å². The summed E-state index contributed by atoms with van der Waals surface area (Å²) >= 11 is 0. The third kappa shape index (κ3) is 6.71. The Morgan fingerprint density at radius 2 is 1.69 bits per heavy atom. The molecule has 0 unspecified atom stereocenters. The molecule has 176 valence electrons. The Bertz CT molecular complexity index is 1000. The molecule has 1 amide bonds. The van der Waals surface area contributed by atoms with Gasteiger partial charge in [0.1, 0.15) is 11.5 Å². The van der Waals surface area contributed by atoms with Crippen molar-refractivity contribution in [2.45, 2.75) is 44.0 Å². The molecule has 0 aromatic heterocycles. The van der Waals surface area contributed by atoms with Crippen LogP contribution in [0.15, 0.2) is 47.4 Å². The van der Waals surface area contributed by atoms with E-state index >= 15 is 0 Å². The van der Waals surface area contributed by atoms with Gasteiger partial charge in [-0.05, 0) is 60.2 Å². The van der Waals surface area contributed by atoms with E-state index in [1.54, 1.807) is 19.2 Å². The zero-order valence-electron chi connectivity index (χ0n) is 19.7. The zero-order valence-corrected chi connectivity index (χ0v) is 20.5. The van der Waals surface area contributed by atoms with Crippen LogP contribution in [-0.2, 0) is 21.2 Å². The SMILES string of the molecule is COc1ccc([C@@H](CC(C)C)NC(=O)CCc2cc(S(=O)(=O)N(C)C)ccc2OC)cc1.